The monoisotopic (exact) mass is 264 g/mol. The molecule has 0 saturated heterocycles. The number of nitrogens with zero attached hydrogens (tertiary/aromatic N) is 2. The number of aromatic nitrogens is 2. The summed E-state index contributed by atoms with van der Waals surface area (Å²) in [6.45, 7) is 3.55. The number of aliphatic carboxylic acids is 1. The Labute approximate surface area is 108 Å². The first-order chi connectivity index (χ1) is 8.56. The van der Waals surface area contributed by atoms with Gasteiger partial charge in [0.2, 0.25) is 5.89 Å². The highest BCUT2D eigenvalue weighted by Gasteiger charge is 2.17. The highest BCUT2D eigenvalue weighted by atomic mass is 32.2. The second kappa shape index (κ2) is 5.22. The van der Waals surface area contributed by atoms with E-state index in [-0.39, 0.29) is 5.22 Å². The summed E-state index contributed by atoms with van der Waals surface area (Å²) < 4.78 is 5.42. The van der Waals surface area contributed by atoms with Gasteiger partial charge in [0.1, 0.15) is 5.25 Å². The second-order valence-corrected chi connectivity index (χ2v) is 5.13. The van der Waals surface area contributed by atoms with Gasteiger partial charge in [0.15, 0.2) is 0 Å². The molecule has 0 fully saturated rings. The lowest BCUT2D eigenvalue weighted by Crippen LogP contribution is -2.10. The molecule has 94 valence electrons. The van der Waals surface area contributed by atoms with Crippen LogP contribution in [0, 0.1) is 6.92 Å². The number of hydrogen-bond donors (Lipinski definition) is 1. The summed E-state index contributed by atoms with van der Waals surface area (Å²) in [5, 5.41) is 16.2. The molecule has 1 aromatic carbocycles. The molecule has 1 heterocycles. The smallest absolute Gasteiger partial charge is 0.316 e. The topological polar surface area (TPSA) is 76.2 Å². The van der Waals surface area contributed by atoms with Crippen molar-refractivity contribution in [3.8, 4) is 11.5 Å². The molecule has 2 aromatic rings. The van der Waals surface area contributed by atoms with Crippen LogP contribution in [0.4, 0.5) is 0 Å². The minimum Gasteiger partial charge on any atom is -0.480 e. The Morgan fingerprint density at radius 1 is 1.44 bits per heavy atom. The fraction of sp³-hybridized carbons (Fsp3) is 0.250. The van der Waals surface area contributed by atoms with Crippen molar-refractivity contribution in [2.45, 2.75) is 24.3 Å². The lowest BCUT2D eigenvalue weighted by molar-refractivity contribution is -0.136. The van der Waals surface area contributed by atoms with Crippen molar-refractivity contribution in [3.05, 3.63) is 29.8 Å². The number of carboxylic acids is 1. The molecular weight excluding hydrogens is 252 g/mol. The average Bonchev–Trinajstić information content (AvgIpc) is 2.77. The zero-order valence-electron chi connectivity index (χ0n) is 9.95. The average molecular weight is 264 g/mol. The summed E-state index contributed by atoms with van der Waals surface area (Å²) in [5.74, 6) is -0.505. The number of rotatable bonds is 4. The molecule has 18 heavy (non-hydrogen) atoms. The Hall–Kier alpha value is -1.82. The molecule has 2 rings (SSSR count). The Morgan fingerprint density at radius 2 is 2.22 bits per heavy atom. The minimum atomic E-state index is -0.907. The number of aryl methyl sites for hydroxylation is 1. The van der Waals surface area contributed by atoms with E-state index in [9.17, 15) is 4.79 Å². The summed E-state index contributed by atoms with van der Waals surface area (Å²) in [7, 11) is 0. The fourth-order valence-electron chi connectivity index (χ4n) is 1.35. The SMILES string of the molecule is Cc1cccc(-c2nnc(S[C@H](C)C(=O)O)o2)c1. The van der Waals surface area contributed by atoms with Crippen LogP contribution in [0.1, 0.15) is 12.5 Å². The van der Waals surface area contributed by atoms with Crippen LogP contribution in [0.25, 0.3) is 11.5 Å². The zero-order chi connectivity index (χ0) is 13.1. The number of benzene rings is 1. The van der Waals surface area contributed by atoms with Crippen molar-refractivity contribution in [2.24, 2.45) is 0 Å². The molecule has 0 unspecified atom stereocenters. The molecule has 0 spiro atoms. The van der Waals surface area contributed by atoms with Gasteiger partial charge in [-0.15, -0.1) is 10.2 Å². The highest BCUT2D eigenvalue weighted by molar-refractivity contribution is 8.00. The molecule has 0 aliphatic heterocycles. The van der Waals surface area contributed by atoms with E-state index in [1.807, 2.05) is 31.2 Å². The first-order valence-electron chi connectivity index (χ1n) is 5.36. The summed E-state index contributed by atoms with van der Waals surface area (Å²) in [5.41, 5.74) is 1.93. The van der Waals surface area contributed by atoms with E-state index in [0.29, 0.717) is 5.89 Å². The summed E-state index contributed by atoms with van der Waals surface area (Å²) in [6, 6.07) is 7.68. The number of hydrogen-bond acceptors (Lipinski definition) is 5. The third-order valence-electron chi connectivity index (χ3n) is 2.30. The van der Waals surface area contributed by atoms with Crippen LogP contribution in [0.3, 0.4) is 0 Å². The maximum absolute atomic E-state index is 10.7. The highest BCUT2D eigenvalue weighted by Crippen LogP contribution is 2.26. The van der Waals surface area contributed by atoms with E-state index in [2.05, 4.69) is 10.2 Å². The van der Waals surface area contributed by atoms with Crippen LogP contribution in [-0.4, -0.2) is 26.5 Å². The predicted molar refractivity (Wildman–Crippen MR) is 67.4 cm³/mol. The van der Waals surface area contributed by atoms with Gasteiger partial charge in [0.25, 0.3) is 5.22 Å². The number of thioether (sulfide) groups is 1. The second-order valence-electron chi connectivity index (χ2n) is 3.84. The normalized spacial score (nSPS) is 12.3. The first-order valence-corrected chi connectivity index (χ1v) is 6.24. The fourth-order valence-corrected chi connectivity index (χ4v) is 1.97. The van der Waals surface area contributed by atoms with Gasteiger partial charge >= 0.3 is 5.97 Å². The van der Waals surface area contributed by atoms with Gasteiger partial charge in [-0.2, -0.15) is 0 Å². The van der Waals surface area contributed by atoms with Gasteiger partial charge < -0.3 is 9.52 Å². The molecule has 0 amide bonds. The minimum absolute atomic E-state index is 0.265. The largest absolute Gasteiger partial charge is 0.480 e. The van der Waals surface area contributed by atoms with Crippen LogP contribution in [0.2, 0.25) is 0 Å². The Morgan fingerprint density at radius 3 is 2.89 bits per heavy atom. The third kappa shape index (κ3) is 2.89. The van der Waals surface area contributed by atoms with Crippen LogP contribution < -0.4 is 0 Å². The van der Waals surface area contributed by atoms with Crippen LogP contribution in [0.15, 0.2) is 33.9 Å². The summed E-state index contributed by atoms with van der Waals surface area (Å²) in [6.07, 6.45) is 0. The van der Waals surface area contributed by atoms with Gasteiger partial charge in [-0.1, -0.05) is 29.5 Å². The van der Waals surface area contributed by atoms with Crippen molar-refractivity contribution in [1.82, 2.24) is 10.2 Å². The van der Waals surface area contributed by atoms with Crippen LogP contribution >= 0.6 is 11.8 Å². The molecule has 5 nitrogen and oxygen atoms in total. The molecule has 1 N–H and O–H groups in total. The molecule has 0 aliphatic carbocycles. The lowest BCUT2D eigenvalue weighted by atomic mass is 10.1. The van der Waals surface area contributed by atoms with Crippen molar-refractivity contribution in [3.63, 3.8) is 0 Å². The third-order valence-corrected chi connectivity index (χ3v) is 3.22. The first kappa shape index (κ1) is 12.6. The van der Waals surface area contributed by atoms with E-state index in [1.54, 1.807) is 6.92 Å². The van der Waals surface area contributed by atoms with Crippen molar-refractivity contribution in [2.75, 3.05) is 0 Å². The molecule has 0 bridgehead atoms. The van der Waals surface area contributed by atoms with E-state index < -0.39 is 11.2 Å². The maximum atomic E-state index is 10.7. The zero-order valence-corrected chi connectivity index (χ0v) is 10.8. The molecular formula is C12H12N2O3S. The molecule has 0 saturated carbocycles. The molecule has 6 heteroatoms. The Bertz CT molecular complexity index is 568. The van der Waals surface area contributed by atoms with Gasteiger partial charge in [0.05, 0.1) is 0 Å². The van der Waals surface area contributed by atoms with Crippen LogP contribution in [0.5, 0.6) is 0 Å². The predicted octanol–water partition coefficient (Wildman–Crippen LogP) is 2.61. The van der Waals surface area contributed by atoms with E-state index in [0.717, 1.165) is 22.9 Å². The van der Waals surface area contributed by atoms with Crippen LogP contribution in [-0.2, 0) is 4.79 Å². The number of carbonyl (C=O) groups is 1. The Balaban J connectivity index is 2.18. The van der Waals surface area contributed by atoms with Gasteiger partial charge in [-0.25, -0.2) is 0 Å². The van der Waals surface area contributed by atoms with Crippen molar-refractivity contribution >= 4 is 17.7 Å². The number of carboxylic acid groups (broad SMARTS) is 1. The van der Waals surface area contributed by atoms with Gasteiger partial charge in [-0.05, 0) is 26.0 Å². The Kier molecular flexibility index (Phi) is 3.66. The quantitative estimate of drug-likeness (QED) is 0.855. The van der Waals surface area contributed by atoms with E-state index >= 15 is 0 Å². The van der Waals surface area contributed by atoms with E-state index in [1.165, 1.54) is 0 Å². The van der Waals surface area contributed by atoms with Gasteiger partial charge in [-0.3, -0.25) is 4.79 Å². The molecule has 1 aromatic heterocycles. The van der Waals surface area contributed by atoms with E-state index in [4.69, 9.17) is 9.52 Å². The maximum Gasteiger partial charge on any atom is 0.316 e. The van der Waals surface area contributed by atoms with Crippen molar-refractivity contribution < 1.29 is 14.3 Å². The molecule has 0 radical (unpaired) electrons. The summed E-state index contributed by atoms with van der Waals surface area (Å²) >= 11 is 1.03. The summed E-state index contributed by atoms with van der Waals surface area (Å²) in [4.78, 5) is 10.7. The van der Waals surface area contributed by atoms with Crippen molar-refractivity contribution in [1.29, 1.82) is 0 Å². The molecule has 0 aliphatic rings. The van der Waals surface area contributed by atoms with Gasteiger partial charge in [0, 0.05) is 5.56 Å². The lowest BCUT2D eigenvalue weighted by Gasteiger charge is -2.00. The molecule has 1 atom stereocenters. The standard InChI is InChI=1S/C12H12N2O3S/c1-7-4-3-5-9(6-7)10-13-14-12(17-10)18-8(2)11(15)16/h3-6,8H,1-2H3,(H,15,16)/t8-/m1/s1.